The molecule has 204 valence electrons. The van der Waals surface area contributed by atoms with Crippen molar-refractivity contribution in [1.29, 1.82) is 0 Å². The van der Waals surface area contributed by atoms with Gasteiger partial charge in [-0.2, -0.15) is 0 Å². The number of anilines is 3. The third kappa shape index (κ3) is 3.82. The zero-order valence-electron chi connectivity index (χ0n) is 23.1. The van der Waals surface area contributed by atoms with Gasteiger partial charge in [-0.3, -0.25) is 4.98 Å². The number of para-hydroxylation sites is 1. The fraction of sp³-hybridized carbons (Fsp3) is 0.0263. The standard InChI is InChI=1S/C38H25N3O2/c1-2-5-24(6-3-1)26-10-9-25-11-12-28(20-27(25)19-26)41(29-13-14-35-33(21-29)31-16-18-39-22-36(31)42-35)34-8-4-7-32-30-15-17-40-23-37(30)43-38(32)34/h1-21,23,39H,22H2. The maximum absolute atomic E-state index is 6.49. The van der Waals surface area contributed by atoms with Crippen molar-refractivity contribution >= 4 is 66.8 Å². The van der Waals surface area contributed by atoms with Crippen LogP contribution in [0, 0.1) is 0 Å². The van der Waals surface area contributed by atoms with E-state index in [0.717, 1.165) is 61.3 Å². The van der Waals surface area contributed by atoms with Gasteiger partial charge in [0.1, 0.15) is 11.3 Å². The fourth-order valence-corrected chi connectivity index (χ4v) is 6.33. The molecule has 1 N–H and O–H groups in total. The third-order valence-corrected chi connectivity index (χ3v) is 8.39. The summed E-state index contributed by atoms with van der Waals surface area (Å²) in [7, 11) is 0. The number of hydrogen-bond acceptors (Lipinski definition) is 5. The number of furan rings is 2. The SMILES string of the molecule is C1=Cc2c(oc3ccc(N(c4ccc5ccc(-c6ccccc6)cc5c4)c4cccc5c4oc4cnccc45)cc23)CN1. The second-order valence-electron chi connectivity index (χ2n) is 10.9. The zero-order valence-corrected chi connectivity index (χ0v) is 23.1. The van der Waals surface area contributed by atoms with E-state index >= 15 is 0 Å². The van der Waals surface area contributed by atoms with E-state index in [2.05, 4.69) is 124 Å². The van der Waals surface area contributed by atoms with Gasteiger partial charge in [0.25, 0.3) is 0 Å². The maximum atomic E-state index is 6.49. The lowest BCUT2D eigenvalue weighted by Crippen LogP contribution is -2.10. The summed E-state index contributed by atoms with van der Waals surface area (Å²) < 4.78 is 12.7. The molecule has 0 amide bonds. The Hall–Kier alpha value is -5.81. The summed E-state index contributed by atoms with van der Waals surface area (Å²) in [5.74, 6) is 0.951. The van der Waals surface area contributed by atoms with Crippen LogP contribution in [0.3, 0.4) is 0 Å². The van der Waals surface area contributed by atoms with Crippen LogP contribution in [0.2, 0.25) is 0 Å². The lowest BCUT2D eigenvalue weighted by Gasteiger charge is -2.26. The van der Waals surface area contributed by atoms with Crippen molar-refractivity contribution in [3.8, 4) is 11.1 Å². The van der Waals surface area contributed by atoms with Crippen molar-refractivity contribution in [1.82, 2.24) is 10.3 Å². The fourth-order valence-electron chi connectivity index (χ4n) is 6.33. The Morgan fingerprint density at radius 3 is 2.49 bits per heavy atom. The highest BCUT2D eigenvalue weighted by atomic mass is 16.3. The van der Waals surface area contributed by atoms with Crippen LogP contribution in [0.25, 0.3) is 60.9 Å². The summed E-state index contributed by atoms with van der Waals surface area (Å²) in [6.07, 6.45) is 7.67. The molecule has 9 rings (SSSR count). The molecule has 43 heavy (non-hydrogen) atoms. The molecule has 1 aliphatic heterocycles. The van der Waals surface area contributed by atoms with Crippen molar-refractivity contribution < 1.29 is 8.83 Å². The molecule has 5 nitrogen and oxygen atoms in total. The van der Waals surface area contributed by atoms with Crippen LogP contribution in [0.4, 0.5) is 17.1 Å². The van der Waals surface area contributed by atoms with Gasteiger partial charge in [-0.25, -0.2) is 0 Å². The first kappa shape index (κ1) is 23.9. The zero-order chi connectivity index (χ0) is 28.3. The minimum Gasteiger partial charge on any atom is -0.459 e. The van der Waals surface area contributed by atoms with Gasteiger partial charge in [-0.1, -0.05) is 60.7 Å². The highest BCUT2D eigenvalue weighted by Crippen LogP contribution is 2.44. The monoisotopic (exact) mass is 555 g/mol. The summed E-state index contributed by atoms with van der Waals surface area (Å²) in [6, 6.07) is 38.6. The molecule has 5 aromatic carbocycles. The molecule has 0 spiro atoms. The molecule has 0 unspecified atom stereocenters. The van der Waals surface area contributed by atoms with Gasteiger partial charge < -0.3 is 19.1 Å². The molecule has 5 heteroatoms. The summed E-state index contributed by atoms with van der Waals surface area (Å²) in [5, 5.41) is 8.81. The van der Waals surface area contributed by atoms with Crippen LogP contribution in [0.1, 0.15) is 11.3 Å². The first-order valence-electron chi connectivity index (χ1n) is 14.4. The average molecular weight is 556 g/mol. The molecule has 0 aliphatic carbocycles. The van der Waals surface area contributed by atoms with Crippen molar-refractivity contribution in [3.05, 3.63) is 139 Å². The third-order valence-electron chi connectivity index (χ3n) is 8.39. The van der Waals surface area contributed by atoms with Gasteiger partial charge in [0.2, 0.25) is 0 Å². The number of hydrogen-bond donors (Lipinski definition) is 1. The van der Waals surface area contributed by atoms with Gasteiger partial charge in [0.15, 0.2) is 11.2 Å². The van der Waals surface area contributed by atoms with Crippen molar-refractivity contribution in [2.75, 3.05) is 4.90 Å². The maximum Gasteiger partial charge on any atom is 0.159 e. The normalized spacial score (nSPS) is 12.7. The smallest absolute Gasteiger partial charge is 0.159 e. The largest absolute Gasteiger partial charge is 0.459 e. The molecule has 0 saturated carbocycles. The number of nitrogens with one attached hydrogen (secondary N) is 1. The Balaban J connectivity index is 1.29. The molecule has 4 heterocycles. The summed E-state index contributed by atoms with van der Waals surface area (Å²) in [6.45, 7) is 0.681. The molecule has 0 radical (unpaired) electrons. The van der Waals surface area contributed by atoms with E-state index in [1.165, 1.54) is 21.9 Å². The number of pyridine rings is 1. The molecular weight excluding hydrogens is 530 g/mol. The molecule has 0 fully saturated rings. The Morgan fingerprint density at radius 1 is 0.651 bits per heavy atom. The van der Waals surface area contributed by atoms with E-state index in [9.17, 15) is 0 Å². The van der Waals surface area contributed by atoms with Crippen LogP contribution in [0.15, 0.2) is 137 Å². The lowest BCUT2D eigenvalue weighted by atomic mass is 10.0. The predicted octanol–water partition coefficient (Wildman–Crippen LogP) is 10.1. The van der Waals surface area contributed by atoms with Crippen molar-refractivity contribution in [3.63, 3.8) is 0 Å². The van der Waals surface area contributed by atoms with E-state index in [0.29, 0.717) is 6.54 Å². The number of nitrogens with zero attached hydrogens (tertiary/aromatic N) is 2. The summed E-state index contributed by atoms with van der Waals surface area (Å²) >= 11 is 0. The van der Waals surface area contributed by atoms with Gasteiger partial charge in [0.05, 0.1) is 18.4 Å². The van der Waals surface area contributed by atoms with Gasteiger partial charge >= 0.3 is 0 Å². The van der Waals surface area contributed by atoms with Gasteiger partial charge in [-0.15, -0.1) is 0 Å². The van der Waals surface area contributed by atoms with Crippen LogP contribution < -0.4 is 10.2 Å². The first-order chi connectivity index (χ1) is 21.3. The topological polar surface area (TPSA) is 54.4 Å². The van der Waals surface area contributed by atoms with Crippen molar-refractivity contribution in [2.45, 2.75) is 6.54 Å². The highest BCUT2D eigenvalue weighted by molar-refractivity contribution is 6.10. The molecular formula is C38H25N3O2. The predicted molar refractivity (Wildman–Crippen MR) is 175 cm³/mol. The molecule has 8 aromatic rings. The molecule has 0 saturated heterocycles. The quantitative estimate of drug-likeness (QED) is 0.234. The minimum absolute atomic E-state index is 0.681. The number of benzene rings is 5. The Kier molecular flexibility index (Phi) is 5.19. The average Bonchev–Trinajstić information content (AvgIpc) is 3.64. The molecule has 0 bridgehead atoms. The Labute approximate surface area is 247 Å². The van der Waals surface area contributed by atoms with E-state index in [4.69, 9.17) is 8.83 Å². The minimum atomic E-state index is 0.681. The van der Waals surface area contributed by atoms with Crippen LogP contribution in [0.5, 0.6) is 0 Å². The van der Waals surface area contributed by atoms with E-state index < -0.39 is 0 Å². The first-order valence-corrected chi connectivity index (χ1v) is 14.4. The number of rotatable bonds is 4. The molecule has 1 aliphatic rings. The lowest BCUT2D eigenvalue weighted by molar-refractivity contribution is 0.532. The van der Waals surface area contributed by atoms with Crippen LogP contribution >= 0.6 is 0 Å². The van der Waals surface area contributed by atoms with Gasteiger partial charge in [0, 0.05) is 39.3 Å². The second-order valence-corrected chi connectivity index (χ2v) is 10.9. The second kappa shape index (κ2) is 9.36. The van der Waals surface area contributed by atoms with Crippen LogP contribution in [-0.2, 0) is 6.54 Å². The Bertz CT molecular complexity index is 2360. The number of fused-ring (bicyclic) bond motifs is 7. The van der Waals surface area contributed by atoms with E-state index in [1.807, 2.05) is 18.5 Å². The molecule has 0 atom stereocenters. The van der Waals surface area contributed by atoms with Crippen LogP contribution in [-0.4, -0.2) is 4.98 Å². The molecule has 3 aromatic heterocycles. The number of aromatic nitrogens is 1. The van der Waals surface area contributed by atoms with E-state index in [-0.39, 0.29) is 0 Å². The highest BCUT2D eigenvalue weighted by Gasteiger charge is 2.22. The summed E-state index contributed by atoms with van der Waals surface area (Å²) in [4.78, 5) is 6.59. The van der Waals surface area contributed by atoms with Gasteiger partial charge in [-0.05, 0) is 82.7 Å². The van der Waals surface area contributed by atoms with E-state index in [1.54, 1.807) is 6.20 Å². The van der Waals surface area contributed by atoms with Crippen molar-refractivity contribution in [2.24, 2.45) is 0 Å². The Morgan fingerprint density at radius 2 is 1.53 bits per heavy atom. The summed E-state index contributed by atoms with van der Waals surface area (Å²) in [5.41, 5.74) is 9.00.